The molecule has 3 aromatic carbocycles. The van der Waals surface area contributed by atoms with Gasteiger partial charge in [-0.1, -0.05) is 46.3 Å². The number of esters is 1. The quantitative estimate of drug-likeness (QED) is 0.197. The topological polar surface area (TPSA) is 94.8 Å². The van der Waals surface area contributed by atoms with E-state index in [-0.39, 0.29) is 23.5 Å². The van der Waals surface area contributed by atoms with Gasteiger partial charge in [-0.2, -0.15) is 0 Å². The highest BCUT2D eigenvalue weighted by Gasteiger charge is 2.15. The molecule has 1 aromatic heterocycles. The van der Waals surface area contributed by atoms with E-state index in [0.717, 1.165) is 15.6 Å². The summed E-state index contributed by atoms with van der Waals surface area (Å²) in [7, 11) is 0. The minimum atomic E-state index is -0.771. The Balaban J connectivity index is 1.37. The number of carbonyl (C=O) groups is 2. The van der Waals surface area contributed by atoms with Gasteiger partial charge in [-0.3, -0.25) is 4.79 Å². The maximum Gasteiger partial charge on any atom is 0.349 e. The molecule has 0 atom stereocenters. The van der Waals surface area contributed by atoms with Crippen LogP contribution in [0.5, 0.6) is 11.5 Å². The van der Waals surface area contributed by atoms with Crippen molar-refractivity contribution in [3.05, 3.63) is 104 Å². The summed E-state index contributed by atoms with van der Waals surface area (Å²) in [4.78, 5) is 37.1. The first-order valence-corrected chi connectivity index (χ1v) is 11.7. The summed E-state index contributed by atoms with van der Waals surface area (Å²) >= 11 is 3.41. The summed E-state index contributed by atoms with van der Waals surface area (Å²) in [5.74, 6) is -0.378. The van der Waals surface area contributed by atoms with E-state index in [1.54, 1.807) is 24.3 Å². The van der Waals surface area contributed by atoms with E-state index in [4.69, 9.17) is 13.9 Å². The maximum atomic E-state index is 12.5. The number of hydrogen-bond donors (Lipinski definition) is 1. The third-order valence-corrected chi connectivity index (χ3v) is 6.10. The molecule has 0 fully saturated rings. The van der Waals surface area contributed by atoms with Crippen LogP contribution in [0.4, 0.5) is 0 Å². The van der Waals surface area contributed by atoms with Gasteiger partial charge in [-0.15, -0.1) is 0 Å². The number of ether oxygens (including phenoxy) is 2. The van der Waals surface area contributed by atoms with Crippen LogP contribution in [0, 0.1) is 6.92 Å². The molecule has 4 aromatic rings. The van der Waals surface area contributed by atoms with E-state index in [0.29, 0.717) is 24.1 Å². The fourth-order valence-corrected chi connectivity index (χ4v) is 3.63. The summed E-state index contributed by atoms with van der Waals surface area (Å²) in [5.41, 5.74) is 1.40. The van der Waals surface area contributed by atoms with Crippen molar-refractivity contribution >= 4 is 38.8 Å². The number of hydrogen-bond acceptors (Lipinski definition) is 6. The molecule has 0 saturated heterocycles. The monoisotopic (exact) mass is 535 g/mol. The summed E-state index contributed by atoms with van der Waals surface area (Å²) in [6, 6.07) is 21.1. The summed E-state index contributed by atoms with van der Waals surface area (Å²) in [6.07, 6.45) is 0.644. The lowest BCUT2D eigenvalue weighted by atomic mass is 10.1. The Morgan fingerprint density at radius 2 is 1.74 bits per heavy atom. The van der Waals surface area contributed by atoms with Crippen molar-refractivity contribution in [1.82, 2.24) is 5.32 Å². The van der Waals surface area contributed by atoms with Crippen LogP contribution in [0.2, 0.25) is 0 Å². The number of amides is 1. The number of carbonyl (C=O) groups excluding carboxylic acids is 2. The molecule has 0 unspecified atom stereocenters. The molecule has 0 spiro atoms. The van der Waals surface area contributed by atoms with E-state index in [9.17, 15) is 14.4 Å². The van der Waals surface area contributed by atoms with Crippen LogP contribution in [-0.4, -0.2) is 25.0 Å². The molecule has 1 amide bonds. The van der Waals surface area contributed by atoms with Crippen molar-refractivity contribution in [2.24, 2.45) is 0 Å². The summed E-state index contributed by atoms with van der Waals surface area (Å²) < 4.78 is 17.0. The molecule has 0 aliphatic carbocycles. The molecular formula is C27H22BrNO6. The Bertz CT molecular complexity index is 1430. The number of nitrogens with one attached hydrogen (secondary N) is 1. The zero-order valence-corrected chi connectivity index (χ0v) is 20.5. The molecule has 7 nitrogen and oxygen atoms in total. The molecular weight excluding hydrogens is 514 g/mol. The van der Waals surface area contributed by atoms with Gasteiger partial charge in [0.15, 0.2) is 6.61 Å². The van der Waals surface area contributed by atoms with E-state index in [1.165, 1.54) is 12.1 Å². The fraction of sp³-hybridized carbons (Fsp3) is 0.148. The molecule has 0 saturated carbocycles. The molecule has 35 heavy (non-hydrogen) atoms. The van der Waals surface area contributed by atoms with Gasteiger partial charge < -0.3 is 19.2 Å². The molecule has 0 bridgehead atoms. The third-order valence-electron chi connectivity index (χ3n) is 5.21. The van der Waals surface area contributed by atoms with Gasteiger partial charge in [-0.25, -0.2) is 9.59 Å². The first-order valence-electron chi connectivity index (χ1n) is 10.9. The maximum absolute atomic E-state index is 12.5. The molecule has 4 rings (SSSR count). The zero-order valence-electron chi connectivity index (χ0n) is 18.9. The second kappa shape index (κ2) is 11.0. The minimum Gasteiger partial charge on any atom is -0.482 e. The highest BCUT2D eigenvalue weighted by atomic mass is 79.9. The molecule has 0 aliphatic heterocycles. The van der Waals surface area contributed by atoms with E-state index < -0.39 is 17.5 Å². The number of benzene rings is 3. The smallest absolute Gasteiger partial charge is 0.349 e. The van der Waals surface area contributed by atoms with E-state index >= 15 is 0 Å². The Morgan fingerprint density at radius 1 is 0.971 bits per heavy atom. The van der Waals surface area contributed by atoms with Crippen molar-refractivity contribution in [1.29, 1.82) is 0 Å². The normalized spacial score (nSPS) is 10.7. The average Bonchev–Trinajstić information content (AvgIpc) is 2.85. The number of halogens is 1. The van der Waals surface area contributed by atoms with Gasteiger partial charge in [0, 0.05) is 22.5 Å². The first kappa shape index (κ1) is 24.2. The second-order valence-corrected chi connectivity index (χ2v) is 8.67. The molecule has 178 valence electrons. The summed E-state index contributed by atoms with van der Waals surface area (Å²) in [6.45, 7) is 2.01. The SMILES string of the molecule is Cc1cc(OCC(=O)Oc2ccc3cc(C(=O)NCCc4ccccc4)c(=O)oc3c2)ccc1Br. The van der Waals surface area contributed by atoms with Gasteiger partial charge in [0.1, 0.15) is 22.6 Å². The molecule has 1 N–H and O–H groups in total. The Labute approximate surface area is 209 Å². The van der Waals surface area contributed by atoms with Gasteiger partial charge in [0.2, 0.25) is 0 Å². The lowest BCUT2D eigenvalue weighted by Crippen LogP contribution is -2.29. The van der Waals surface area contributed by atoms with Gasteiger partial charge >= 0.3 is 11.6 Å². The second-order valence-electron chi connectivity index (χ2n) is 7.81. The van der Waals surface area contributed by atoms with Crippen molar-refractivity contribution in [3.8, 4) is 11.5 Å². The lowest BCUT2D eigenvalue weighted by molar-refractivity contribution is -0.136. The molecule has 1 heterocycles. The highest BCUT2D eigenvalue weighted by Crippen LogP contribution is 2.23. The predicted octanol–water partition coefficient (Wildman–Crippen LogP) is 4.82. The van der Waals surface area contributed by atoms with Crippen molar-refractivity contribution < 1.29 is 23.5 Å². The summed E-state index contributed by atoms with van der Waals surface area (Å²) in [5, 5.41) is 3.27. The van der Waals surface area contributed by atoms with Gasteiger partial charge in [0.25, 0.3) is 5.91 Å². The van der Waals surface area contributed by atoms with Crippen molar-refractivity contribution in [2.75, 3.05) is 13.2 Å². The molecule has 0 radical (unpaired) electrons. The Kier molecular flexibility index (Phi) is 7.62. The van der Waals surface area contributed by atoms with E-state index in [2.05, 4.69) is 21.2 Å². The van der Waals surface area contributed by atoms with Gasteiger partial charge in [-0.05, 0) is 60.9 Å². The average molecular weight is 536 g/mol. The number of fused-ring (bicyclic) bond motifs is 1. The fourth-order valence-electron chi connectivity index (χ4n) is 3.38. The van der Waals surface area contributed by atoms with Crippen LogP contribution >= 0.6 is 15.9 Å². The third kappa shape index (κ3) is 6.36. The van der Waals surface area contributed by atoms with Crippen LogP contribution in [0.3, 0.4) is 0 Å². The van der Waals surface area contributed by atoms with Crippen LogP contribution in [0.25, 0.3) is 11.0 Å². The Hall–Kier alpha value is -3.91. The van der Waals surface area contributed by atoms with Crippen LogP contribution in [0.1, 0.15) is 21.5 Å². The van der Waals surface area contributed by atoms with Crippen molar-refractivity contribution in [2.45, 2.75) is 13.3 Å². The van der Waals surface area contributed by atoms with Gasteiger partial charge in [0.05, 0.1) is 0 Å². The Morgan fingerprint density at radius 3 is 2.51 bits per heavy atom. The zero-order chi connectivity index (χ0) is 24.8. The number of rotatable bonds is 8. The van der Waals surface area contributed by atoms with Crippen LogP contribution < -0.4 is 20.4 Å². The molecule has 0 aliphatic rings. The molecule has 8 heteroatoms. The van der Waals surface area contributed by atoms with Crippen molar-refractivity contribution in [3.63, 3.8) is 0 Å². The lowest BCUT2D eigenvalue weighted by Gasteiger charge is -2.09. The van der Waals surface area contributed by atoms with E-state index in [1.807, 2.05) is 43.3 Å². The minimum absolute atomic E-state index is 0.0894. The number of aryl methyl sites for hydroxylation is 1. The predicted molar refractivity (Wildman–Crippen MR) is 135 cm³/mol. The standard InChI is InChI=1S/C27H22BrNO6/c1-17-13-20(9-10-23(17)28)33-16-25(30)34-21-8-7-19-14-22(27(32)35-24(19)15-21)26(31)29-12-11-18-5-3-2-4-6-18/h2-10,13-15H,11-12,16H2,1H3,(H,29,31). The first-order chi connectivity index (χ1) is 16.9. The van der Waals surface area contributed by atoms with Crippen LogP contribution in [0.15, 0.2) is 86.5 Å². The largest absolute Gasteiger partial charge is 0.482 e. The van der Waals surface area contributed by atoms with Crippen LogP contribution in [-0.2, 0) is 11.2 Å². The highest BCUT2D eigenvalue weighted by molar-refractivity contribution is 9.10.